The van der Waals surface area contributed by atoms with Crippen molar-refractivity contribution in [1.29, 1.82) is 0 Å². The van der Waals surface area contributed by atoms with Crippen LogP contribution in [0.5, 0.6) is 0 Å². The maximum Gasteiger partial charge on any atom is 0.472 e. The number of carbonyl (C=O) groups is 4. The molecule has 17 nitrogen and oxygen atoms in total. The summed E-state index contributed by atoms with van der Waals surface area (Å²) < 4.78 is 69.1. The number of hydrogen-bond acceptors (Lipinski definition) is 15. The Kier molecular flexibility index (Phi) is 83.0. The lowest BCUT2D eigenvalue weighted by Gasteiger charge is -2.21. The van der Waals surface area contributed by atoms with Crippen molar-refractivity contribution in [1.82, 2.24) is 0 Å². The van der Waals surface area contributed by atoms with Crippen LogP contribution in [-0.4, -0.2) is 96.7 Å². The molecular formula is C92H180O17P2. The number of aliphatic hydroxyl groups excluding tert-OH is 1. The molecule has 5 atom stereocenters. The maximum absolute atomic E-state index is 13.2. The van der Waals surface area contributed by atoms with Gasteiger partial charge in [0.1, 0.15) is 19.3 Å². The molecule has 0 bridgehead atoms. The molecule has 0 rings (SSSR count). The third-order valence-electron chi connectivity index (χ3n) is 21.8. The highest BCUT2D eigenvalue weighted by atomic mass is 31.2. The van der Waals surface area contributed by atoms with Crippen molar-refractivity contribution in [2.75, 3.05) is 39.6 Å². The fourth-order valence-corrected chi connectivity index (χ4v) is 16.1. The number of phosphoric acid groups is 2. The molecule has 0 heterocycles. The molecule has 3 N–H and O–H groups in total. The molecule has 0 aromatic carbocycles. The molecule has 0 radical (unpaired) electrons. The summed E-state index contributed by atoms with van der Waals surface area (Å²) in [6.07, 6.45) is 80.6. The van der Waals surface area contributed by atoms with Crippen LogP contribution in [0.4, 0.5) is 0 Å². The molecule has 0 aliphatic rings. The van der Waals surface area contributed by atoms with E-state index in [9.17, 15) is 43.2 Å². The van der Waals surface area contributed by atoms with Gasteiger partial charge >= 0.3 is 39.5 Å². The van der Waals surface area contributed by atoms with E-state index < -0.39 is 97.5 Å². The third-order valence-corrected chi connectivity index (χ3v) is 23.7. The summed E-state index contributed by atoms with van der Waals surface area (Å²) in [5, 5.41) is 10.7. The second-order valence-electron chi connectivity index (χ2n) is 33.5. The number of aliphatic hydroxyl groups is 1. The number of esters is 4. The smallest absolute Gasteiger partial charge is 0.462 e. The standard InChI is InChI=1S/C92H180O17P2/c1-6-9-12-15-18-21-24-27-29-31-32-33-34-38-42-46-51-56-61-66-71-76-90(95)103-82-88(109-92(97)78-73-68-63-58-53-48-43-39-36-35-37-40-45-49-54-59-64-69-74-85(4)5)84-107-111(100,101)105-80-86(93)79-104-110(98,99)106-83-87(81-102-89(94)75-70-65-60-55-50-44-26-23-20-17-14-11-8-3)108-91(96)77-72-67-62-57-52-47-41-30-28-25-22-19-16-13-10-7-2/h85-88,93H,6-84H2,1-5H3,(H,98,99)(H,100,101)/t86-,87+,88+/m0/s1. The fraction of sp³-hybridized carbons (Fsp3) is 0.957. The van der Waals surface area contributed by atoms with Crippen molar-refractivity contribution < 1.29 is 80.2 Å². The largest absolute Gasteiger partial charge is 0.472 e. The van der Waals surface area contributed by atoms with E-state index in [1.165, 1.54) is 327 Å². The monoisotopic (exact) mass is 1620 g/mol. The zero-order valence-corrected chi connectivity index (χ0v) is 74.9. The maximum atomic E-state index is 13.2. The molecule has 660 valence electrons. The summed E-state index contributed by atoms with van der Waals surface area (Å²) in [7, 11) is -9.94. The molecule has 0 aliphatic heterocycles. The number of hydrogen-bond donors (Lipinski definition) is 3. The average molecular weight is 1620 g/mol. The Balaban J connectivity index is 5.25. The first-order valence-corrected chi connectivity index (χ1v) is 50.6. The van der Waals surface area contributed by atoms with Gasteiger partial charge in [-0.1, -0.05) is 452 Å². The second-order valence-corrected chi connectivity index (χ2v) is 36.4. The lowest BCUT2D eigenvalue weighted by atomic mass is 10.0. The molecule has 0 aliphatic carbocycles. The van der Waals surface area contributed by atoms with E-state index in [1.54, 1.807) is 0 Å². The van der Waals surface area contributed by atoms with E-state index in [0.29, 0.717) is 25.7 Å². The molecule has 0 saturated heterocycles. The summed E-state index contributed by atoms with van der Waals surface area (Å²) in [6.45, 7) is 7.44. The summed E-state index contributed by atoms with van der Waals surface area (Å²) >= 11 is 0. The Morgan fingerprint density at radius 2 is 0.414 bits per heavy atom. The molecule has 111 heavy (non-hydrogen) atoms. The van der Waals surface area contributed by atoms with Crippen molar-refractivity contribution in [2.24, 2.45) is 5.92 Å². The summed E-state index contributed by atoms with van der Waals surface area (Å²) in [6, 6.07) is 0. The second kappa shape index (κ2) is 84.5. The van der Waals surface area contributed by atoms with Crippen LogP contribution in [0.1, 0.15) is 503 Å². The van der Waals surface area contributed by atoms with Crippen molar-refractivity contribution in [2.45, 2.75) is 522 Å². The van der Waals surface area contributed by atoms with E-state index in [-0.39, 0.29) is 25.7 Å². The topological polar surface area (TPSA) is 237 Å². The number of rotatable bonds is 92. The van der Waals surface area contributed by atoms with Crippen LogP contribution in [0.25, 0.3) is 0 Å². The Hall–Kier alpha value is -1.94. The first kappa shape index (κ1) is 109. The average Bonchev–Trinajstić information content (AvgIpc) is 0.892. The van der Waals surface area contributed by atoms with Gasteiger partial charge in [0.2, 0.25) is 0 Å². The lowest BCUT2D eigenvalue weighted by Crippen LogP contribution is -2.30. The molecule has 0 aromatic heterocycles. The molecule has 0 amide bonds. The minimum absolute atomic E-state index is 0.109. The summed E-state index contributed by atoms with van der Waals surface area (Å²) in [5.41, 5.74) is 0. The van der Waals surface area contributed by atoms with Gasteiger partial charge in [-0.2, -0.15) is 0 Å². The Bertz CT molecular complexity index is 2100. The normalized spacial score (nSPS) is 13.7. The fourth-order valence-electron chi connectivity index (χ4n) is 14.5. The molecule has 0 saturated carbocycles. The minimum Gasteiger partial charge on any atom is -0.462 e. The SMILES string of the molecule is CCCCCCCCCCCCCCCCCCCCCCCC(=O)OC[C@H](COP(=O)(O)OC[C@@H](O)COP(=O)(O)OC[C@@H](COC(=O)CCCCCCCCCCCCCCC)OC(=O)CCCCCCCCCCCCCCCCCC)OC(=O)CCCCCCCCCCCCCCCCCCCCC(C)C. The van der Waals surface area contributed by atoms with Gasteiger partial charge < -0.3 is 33.8 Å². The molecular weight excluding hydrogens is 1440 g/mol. The molecule has 0 spiro atoms. The van der Waals surface area contributed by atoms with Gasteiger partial charge in [0.25, 0.3) is 0 Å². The number of ether oxygens (including phenoxy) is 4. The van der Waals surface area contributed by atoms with Crippen LogP contribution in [0, 0.1) is 5.92 Å². The first-order chi connectivity index (χ1) is 54.0. The van der Waals surface area contributed by atoms with Crippen molar-refractivity contribution >= 4 is 39.5 Å². The Morgan fingerprint density at radius 1 is 0.243 bits per heavy atom. The Morgan fingerprint density at radius 3 is 0.613 bits per heavy atom. The van der Waals surface area contributed by atoms with Gasteiger partial charge in [-0.3, -0.25) is 37.3 Å². The van der Waals surface area contributed by atoms with Crippen LogP contribution in [0.2, 0.25) is 0 Å². The van der Waals surface area contributed by atoms with Gasteiger partial charge in [-0.15, -0.1) is 0 Å². The highest BCUT2D eigenvalue weighted by molar-refractivity contribution is 7.47. The molecule has 0 aromatic rings. The van der Waals surface area contributed by atoms with Crippen LogP contribution in [0.15, 0.2) is 0 Å². The highest BCUT2D eigenvalue weighted by Gasteiger charge is 2.31. The lowest BCUT2D eigenvalue weighted by molar-refractivity contribution is -0.161. The van der Waals surface area contributed by atoms with Crippen LogP contribution < -0.4 is 0 Å². The van der Waals surface area contributed by atoms with E-state index in [2.05, 4.69) is 34.6 Å². The van der Waals surface area contributed by atoms with Gasteiger partial charge in [0.05, 0.1) is 26.4 Å². The predicted molar refractivity (Wildman–Crippen MR) is 460 cm³/mol. The molecule has 2 unspecified atom stereocenters. The van der Waals surface area contributed by atoms with Crippen LogP contribution >= 0.6 is 15.6 Å². The van der Waals surface area contributed by atoms with Crippen molar-refractivity contribution in [3.8, 4) is 0 Å². The quantitative estimate of drug-likeness (QED) is 0.0222. The highest BCUT2D eigenvalue weighted by Crippen LogP contribution is 2.45. The zero-order chi connectivity index (χ0) is 81.1. The summed E-state index contributed by atoms with van der Waals surface area (Å²) in [4.78, 5) is 73.5. The number of phosphoric ester groups is 2. The van der Waals surface area contributed by atoms with E-state index in [4.69, 9.17) is 37.0 Å². The minimum atomic E-state index is -4.97. The number of carbonyl (C=O) groups excluding carboxylic acids is 4. The van der Waals surface area contributed by atoms with Crippen molar-refractivity contribution in [3.05, 3.63) is 0 Å². The molecule has 19 heteroatoms. The zero-order valence-electron chi connectivity index (χ0n) is 73.1. The van der Waals surface area contributed by atoms with Gasteiger partial charge in [-0.25, -0.2) is 9.13 Å². The number of unbranched alkanes of at least 4 members (excludes halogenated alkanes) is 64. The third kappa shape index (κ3) is 85.8. The first-order valence-electron chi connectivity index (χ1n) is 47.6. The van der Waals surface area contributed by atoms with Gasteiger partial charge in [-0.05, 0) is 31.6 Å². The predicted octanol–water partition coefficient (Wildman–Crippen LogP) is 28.7. The van der Waals surface area contributed by atoms with Gasteiger partial charge in [0, 0.05) is 25.7 Å². The van der Waals surface area contributed by atoms with Crippen molar-refractivity contribution in [3.63, 3.8) is 0 Å². The van der Waals surface area contributed by atoms with E-state index in [0.717, 1.165) is 95.8 Å². The van der Waals surface area contributed by atoms with E-state index >= 15 is 0 Å². The van der Waals surface area contributed by atoms with Gasteiger partial charge in [0.15, 0.2) is 12.2 Å². The molecule has 0 fully saturated rings. The van der Waals surface area contributed by atoms with Crippen LogP contribution in [-0.2, 0) is 65.4 Å². The Labute approximate surface area is 683 Å². The van der Waals surface area contributed by atoms with Crippen LogP contribution in [0.3, 0.4) is 0 Å². The van der Waals surface area contributed by atoms with E-state index in [1.807, 2.05) is 0 Å². The summed E-state index contributed by atoms with van der Waals surface area (Å²) in [5.74, 6) is -1.27.